The molecule has 2 aromatic heterocycles. The molecule has 0 unspecified atom stereocenters. The molecule has 0 spiro atoms. The molecule has 1 atom stereocenters. The Morgan fingerprint density at radius 3 is 3.09 bits per heavy atom. The molecule has 0 saturated heterocycles. The Morgan fingerprint density at radius 1 is 1.32 bits per heavy atom. The minimum Gasteiger partial charge on any atom is -0.475 e. The molecule has 0 amide bonds. The lowest BCUT2D eigenvalue weighted by Gasteiger charge is -2.23. The summed E-state index contributed by atoms with van der Waals surface area (Å²) in [6.07, 6.45) is 5.61. The third-order valence-corrected chi connectivity index (χ3v) is 4.94. The first kappa shape index (κ1) is 15.5. The average molecular weight is 318 g/mol. The number of fused-ring (bicyclic) bond motifs is 1. The van der Waals surface area contributed by atoms with Crippen LogP contribution < -0.4 is 10.1 Å². The molecular formula is C17H22N2O2S. The predicted molar refractivity (Wildman–Crippen MR) is 88.4 cm³/mol. The molecule has 0 aliphatic heterocycles. The maximum Gasteiger partial charge on any atom is 0.213 e. The van der Waals surface area contributed by atoms with Crippen molar-refractivity contribution in [2.24, 2.45) is 0 Å². The summed E-state index contributed by atoms with van der Waals surface area (Å²) in [7, 11) is 1.66. The second kappa shape index (κ2) is 7.72. The number of hydrogen-bond donors (Lipinski definition) is 1. The van der Waals surface area contributed by atoms with Crippen LogP contribution in [0.2, 0.25) is 0 Å². The van der Waals surface area contributed by atoms with Gasteiger partial charge < -0.3 is 14.8 Å². The largest absolute Gasteiger partial charge is 0.475 e. The van der Waals surface area contributed by atoms with Gasteiger partial charge in [-0.05, 0) is 41.8 Å². The van der Waals surface area contributed by atoms with E-state index in [1.807, 2.05) is 23.6 Å². The maximum atomic E-state index is 5.48. The fraction of sp³-hybridized carbons (Fsp3) is 0.471. The van der Waals surface area contributed by atoms with Crippen LogP contribution >= 0.6 is 11.3 Å². The lowest BCUT2D eigenvalue weighted by Crippen LogP contribution is -2.23. The summed E-state index contributed by atoms with van der Waals surface area (Å²) in [5.74, 6) is 0.651. The Balaban J connectivity index is 1.52. The van der Waals surface area contributed by atoms with E-state index in [0.29, 0.717) is 25.1 Å². The van der Waals surface area contributed by atoms with Crippen LogP contribution in [-0.4, -0.2) is 25.3 Å². The van der Waals surface area contributed by atoms with E-state index in [0.717, 1.165) is 6.54 Å². The van der Waals surface area contributed by atoms with Gasteiger partial charge in [0.05, 0.1) is 6.61 Å². The molecule has 0 fully saturated rings. The average Bonchev–Trinajstić information content (AvgIpc) is 3.03. The first-order valence-electron chi connectivity index (χ1n) is 7.73. The molecule has 1 aliphatic carbocycles. The van der Waals surface area contributed by atoms with Crippen LogP contribution in [0, 0.1) is 0 Å². The van der Waals surface area contributed by atoms with Gasteiger partial charge in [-0.1, -0.05) is 6.07 Å². The van der Waals surface area contributed by atoms with Crippen LogP contribution in [-0.2, 0) is 17.7 Å². The maximum absolute atomic E-state index is 5.48. The number of nitrogens with zero attached hydrogens (tertiary/aromatic N) is 1. The number of aryl methyl sites for hydroxylation is 1. The summed E-state index contributed by atoms with van der Waals surface area (Å²) in [6.45, 7) is 1.95. The normalized spacial score (nSPS) is 17.2. The van der Waals surface area contributed by atoms with Crippen LogP contribution in [0.3, 0.4) is 0 Å². The summed E-state index contributed by atoms with van der Waals surface area (Å²) in [5, 5.41) is 5.86. The number of ether oxygens (including phenoxy) is 2. The quantitative estimate of drug-likeness (QED) is 0.795. The molecule has 0 saturated carbocycles. The van der Waals surface area contributed by atoms with Crippen molar-refractivity contribution in [1.29, 1.82) is 0 Å². The predicted octanol–water partition coefficient (Wildman–Crippen LogP) is 3.34. The molecule has 5 heteroatoms. The fourth-order valence-corrected chi connectivity index (χ4v) is 3.76. The van der Waals surface area contributed by atoms with Crippen LogP contribution in [0.25, 0.3) is 0 Å². The summed E-state index contributed by atoms with van der Waals surface area (Å²) < 4.78 is 10.4. The highest BCUT2D eigenvalue weighted by Gasteiger charge is 2.20. The van der Waals surface area contributed by atoms with Gasteiger partial charge in [0, 0.05) is 36.8 Å². The highest BCUT2D eigenvalue weighted by Crippen LogP contribution is 2.33. The van der Waals surface area contributed by atoms with Gasteiger partial charge >= 0.3 is 0 Å². The van der Waals surface area contributed by atoms with Crippen molar-refractivity contribution in [2.45, 2.75) is 31.8 Å². The number of thiophene rings is 1. The molecule has 2 aromatic rings. The highest BCUT2D eigenvalue weighted by molar-refractivity contribution is 7.10. The third-order valence-electron chi connectivity index (χ3n) is 3.94. The van der Waals surface area contributed by atoms with Crippen molar-refractivity contribution in [1.82, 2.24) is 10.3 Å². The first-order chi connectivity index (χ1) is 10.9. The van der Waals surface area contributed by atoms with Crippen molar-refractivity contribution in [3.8, 4) is 5.88 Å². The minimum atomic E-state index is 0.479. The van der Waals surface area contributed by atoms with Gasteiger partial charge in [0.15, 0.2) is 0 Å². The molecule has 0 radical (unpaired) electrons. The smallest absolute Gasteiger partial charge is 0.213 e. The lowest BCUT2D eigenvalue weighted by atomic mass is 9.94. The summed E-state index contributed by atoms with van der Waals surface area (Å²) in [5.41, 5.74) is 2.67. The van der Waals surface area contributed by atoms with E-state index < -0.39 is 0 Å². The number of methoxy groups -OCH3 is 1. The topological polar surface area (TPSA) is 43.4 Å². The van der Waals surface area contributed by atoms with Crippen LogP contribution in [0.15, 0.2) is 29.8 Å². The summed E-state index contributed by atoms with van der Waals surface area (Å²) >= 11 is 1.88. The zero-order valence-electron chi connectivity index (χ0n) is 12.9. The van der Waals surface area contributed by atoms with E-state index in [-0.39, 0.29) is 0 Å². The van der Waals surface area contributed by atoms with E-state index in [1.54, 1.807) is 12.0 Å². The van der Waals surface area contributed by atoms with Crippen molar-refractivity contribution in [3.05, 3.63) is 45.8 Å². The minimum absolute atomic E-state index is 0.479. The second-order valence-corrected chi connectivity index (χ2v) is 6.47. The zero-order valence-corrected chi connectivity index (χ0v) is 13.7. The standard InChI is InChI=1S/C17H22N2O2S/c1-20-8-9-21-17-6-5-13(12-19-17)11-18-15-3-2-4-16-14(15)7-10-22-16/h5-7,10,12,15,18H,2-4,8-9,11H2,1H3/t15-/m1/s1. The Morgan fingerprint density at radius 2 is 2.27 bits per heavy atom. The number of rotatable bonds is 7. The molecule has 0 aromatic carbocycles. The van der Waals surface area contributed by atoms with Gasteiger partial charge in [-0.15, -0.1) is 11.3 Å². The van der Waals surface area contributed by atoms with Crippen molar-refractivity contribution in [3.63, 3.8) is 0 Å². The Labute approximate surface area is 135 Å². The lowest BCUT2D eigenvalue weighted by molar-refractivity contribution is 0.143. The Bertz CT molecular complexity index is 583. The number of nitrogens with one attached hydrogen (secondary N) is 1. The number of aromatic nitrogens is 1. The van der Waals surface area contributed by atoms with E-state index in [1.165, 1.54) is 30.4 Å². The second-order valence-electron chi connectivity index (χ2n) is 5.47. The van der Waals surface area contributed by atoms with E-state index in [4.69, 9.17) is 9.47 Å². The van der Waals surface area contributed by atoms with Crippen molar-refractivity contribution < 1.29 is 9.47 Å². The van der Waals surface area contributed by atoms with Gasteiger partial charge in [0.25, 0.3) is 0 Å². The van der Waals surface area contributed by atoms with E-state index in [9.17, 15) is 0 Å². The molecule has 4 nitrogen and oxygen atoms in total. The van der Waals surface area contributed by atoms with Gasteiger partial charge in [-0.3, -0.25) is 0 Å². The summed E-state index contributed by atoms with van der Waals surface area (Å²) in [4.78, 5) is 5.88. The molecule has 3 rings (SSSR count). The van der Waals surface area contributed by atoms with Crippen molar-refractivity contribution in [2.75, 3.05) is 20.3 Å². The van der Waals surface area contributed by atoms with Crippen LogP contribution in [0.1, 0.15) is 34.9 Å². The monoisotopic (exact) mass is 318 g/mol. The Kier molecular flexibility index (Phi) is 5.43. The van der Waals surface area contributed by atoms with Gasteiger partial charge in [0.1, 0.15) is 6.61 Å². The Hall–Kier alpha value is -1.43. The van der Waals surface area contributed by atoms with Crippen LogP contribution in [0.4, 0.5) is 0 Å². The molecule has 22 heavy (non-hydrogen) atoms. The summed E-state index contributed by atoms with van der Waals surface area (Å²) in [6, 6.07) is 6.73. The van der Waals surface area contributed by atoms with Gasteiger partial charge in [-0.2, -0.15) is 0 Å². The van der Waals surface area contributed by atoms with Crippen molar-refractivity contribution >= 4 is 11.3 Å². The highest BCUT2D eigenvalue weighted by atomic mass is 32.1. The van der Waals surface area contributed by atoms with Crippen LogP contribution in [0.5, 0.6) is 5.88 Å². The zero-order chi connectivity index (χ0) is 15.2. The number of hydrogen-bond acceptors (Lipinski definition) is 5. The molecular weight excluding hydrogens is 296 g/mol. The number of pyridine rings is 1. The van der Waals surface area contributed by atoms with Gasteiger partial charge in [-0.25, -0.2) is 4.98 Å². The molecule has 118 valence electrons. The third kappa shape index (κ3) is 3.85. The van der Waals surface area contributed by atoms with E-state index >= 15 is 0 Å². The first-order valence-corrected chi connectivity index (χ1v) is 8.61. The van der Waals surface area contributed by atoms with Gasteiger partial charge in [0.2, 0.25) is 5.88 Å². The SMILES string of the molecule is COCCOc1ccc(CN[C@@H]2CCCc3sccc32)cn1. The molecule has 0 bridgehead atoms. The fourth-order valence-electron chi connectivity index (χ4n) is 2.77. The molecule has 1 N–H and O–H groups in total. The van der Waals surface area contributed by atoms with E-state index in [2.05, 4.69) is 27.8 Å². The molecule has 1 aliphatic rings. The molecule has 2 heterocycles.